The van der Waals surface area contributed by atoms with E-state index in [0.29, 0.717) is 6.61 Å². The van der Waals surface area contributed by atoms with Gasteiger partial charge in [0.15, 0.2) is 0 Å². The summed E-state index contributed by atoms with van der Waals surface area (Å²) in [4.78, 5) is 0. The molecule has 2 nitrogen and oxygen atoms in total. The maximum Gasteiger partial charge on any atom is 0.261 e. The summed E-state index contributed by atoms with van der Waals surface area (Å²) in [7, 11) is -2.49. The second-order valence-electron chi connectivity index (χ2n) is 7.84. The third kappa shape index (κ3) is 2.92. The largest absolute Gasteiger partial charge is 0.406 e. The van der Waals surface area contributed by atoms with Crippen molar-refractivity contribution in [3.05, 3.63) is 60.7 Å². The maximum absolute atomic E-state index is 9.48. The van der Waals surface area contributed by atoms with Crippen molar-refractivity contribution >= 4 is 18.7 Å². The Bertz CT molecular complexity index is 684. The topological polar surface area (TPSA) is 33.0 Å². The number of nitrogens with zero attached hydrogens (tertiary/aromatic N) is 1. The summed E-state index contributed by atoms with van der Waals surface area (Å²) in [6.07, 6.45) is 1.92. The third-order valence-corrected chi connectivity index (χ3v) is 10.1. The lowest BCUT2D eigenvalue weighted by Crippen LogP contribution is -2.67. The number of benzene rings is 2. The fraction of sp³-hybridized carbons (Fsp3) is 0.381. The van der Waals surface area contributed by atoms with Crippen LogP contribution in [-0.2, 0) is 4.43 Å². The van der Waals surface area contributed by atoms with Crippen molar-refractivity contribution in [2.45, 2.75) is 38.7 Å². The molecular formula is C21H25NOSi. The van der Waals surface area contributed by atoms with E-state index in [2.05, 4.69) is 75.4 Å². The lowest BCUT2D eigenvalue weighted by atomic mass is 10.2. The predicted octanol–water partition coefficient (Wildman–Crippen LogP) is 3.87. The molecule has 0 N–H and O–H groups in total. The van der Waals surface area contributed by atoms with Crippen molar-refractivity contribution in [1.82, 2.24) is 0 Å². The molecule has 2 aromatic carbocycles. The Labute approximate surface area is 146 Å². The summed E-state index contributed by atoms with van der Waals surface area (Å²) < 4.78 is 6.80. The van der Waals surface area contributed by atoms with E-state index in [1.807, 2.05) is 12.1 Å². The molecule has 1 aliphatic rings. The normalized spacial score (nSPS) is 16.4. The Balaban J connectivity index is 2.12. The van der Waals surface area contributed by atoms with E-state index < -0.39 is 8.32 Å². The van der Waals surface area contributed by atoms with Gasteiger partial charge in [0.1, 0.15) is 0 Å². The summed E-state index contributed by atoms with van der Waals surface area (Å²) in [5.41, 5.74) is -0.257. The first-order chi connectivity index (χ1) is 11.4. The van der Waals surface area contributed by atoms with E-state index >= 15 is 0 Å². The zero-order valence-electron chi connectivity index (χ0n) is 14.8. The van der Waals surface area contributed by atoms with Gasteiger partial charge in [-0.3, -0.25) is 0 Å². The van der Waals surface area contributed by atoms with E-state index in [-0.39, 0.29) is 10.5 Å². The minimum Gasteiger partial charge on any atom is -0.406 e. The lowest BCUT2D eigenvalue weighted by Gasteiger charge is -2.43. The molecule has 0 unspecified atom stereocenters. The predicted molar refractivity (Wildman–Crippen MR) is 101 cm³/mol. The van der Waals surface area contributed by atoms with Crippen molar-refractivity contribution in [3.8, 4) is 6.07 Å². The fourth-order valence-corrected chi connectivity index (χ4v) is 8.10. The molecule has 0 saturated heterocycles. The molecule has 1 fully saturated rings. The molecule has 0 radical (unpaired) electrons. The Hall–Kier alpha value is -1.89. The molecule has 0 atom stereocenters. The van der Waals surface area contributed by atoms with Gasteiger partial charge in [0, 0.05) is 0 Å². The van der Waals surface area contributed by atoms with Gasteiger partial charge in [-0.05, 0) is 28.3 Å². The van der Waals surface area contributed by atoms with Gasteiger partial charge in [-0.15, -0.1) is 0 Å². The first kappa shape index (κ1) is 16.9. The first-order valence-electron chi connectivity index (χ1n) is 8.60. The Morgan fingerprint density at radius 2 is 1.42 bits per heavy atom. The second kappa shape index (κ2) is 6.20. The summed E-state index contributed by atoms with van der Waals surface area (Å²) in [6.45, 7) is 7.35. The summed E-state index contributed by atoms with van der Waals surface area (Å²) in [6, 6.07) is 23.7. The molecule has 0 spiro atoms. The fourth-order valence-electron chi connectivity index (χ4n) is 3.45. The highest BCUT2D eigenvalue weighted by atomic mass is 28.4. The van der Waals surface area contributed by atoms with Gasteiger partial charge >= 0.3 is 0 Å². The molecule has 2 aromatic rings. The monoisotopic (exact) mass is 335 g/mol. The minimum absolute atomic E-state index is 0.0265. The molecule has 124 valence electrons. The molecule has 1 aliphatic carbocycles. The quantitative estimate of drug-likeness (QED) is 0.777. The highest BCUT2D eigenvalue weighted by Gasteiger charge is 2.53. The van der Waals surface area contributed by atoms with E-state index in [1.165, 1.54) is 10.4 Å². The third-order valence-electron chi connectivity index (χ3n) is 5.07. The van der Waals surface area contributed by atoms with Crippen LogP contribution in [-0.4, -0.2) is 14.9 Å². The molecule has 3 heteroatoms. The SMILES string of the molecule is CC(C)(C)[Si](OCC1(C#N)CC1)(c1ccccc1)c1ccccc1. The zero-order valence-corrected chi connectivity index (χ0v) is 15.8. The van der Waals surface area contributed by atoms with Gasteiger partial charge in [-0.25, -0.2) is 0 Å². The Morgan fingerprint density at radius 3 is 1.75 bits per heavy atom. The van der Waals surface area contributed by atoms with Gasteiger partial charge in [0.2, 0.25) is 0 Å². The van der Waals surface area contributed by atoms with E-state index in [0.717, 1.165) is 12.8 Å². The Morgan fingerprint density at radius 1 is 0.958 bits per heavy atom. The average Bonchev–Trinajstić information content (AvgIpc) is 3.37. The number of rotatable bonds is 5. The molecule has 3 rings (SSSR count). The van der Waals surface area contributed by atoms with Gasteiger partial charge in [0.25, 0.3) is 8.32 Å². The molecule has 1 saturated carbocycles. The van der Waals surface area contributed by atoms with Gasteiger partial charge in [-0.2, -0.15) is 5.26 Å². The Kier molecular flexibility index (Phi) is 4.38. The lowest BCUT2D eigenvalue weighted by molar-refractivity contribution is 0.253. The van der Waals surface area contributed by atoms with Crippen molar-refractivity contribution in [1.29, 1.82) is 5.26 Å². The first-order valence-corrected chi connectivity index (χ1v) is 10.5. The van der Waals surface area contributed by atoms with Crippen molar-refractivity contribution in [3.63, 3.8) is 0 Å². The van der Waals surface area contributed by atoms with Crippen LogP contribution >= 0.6 is 0 Å². The number of hydrogen-bond donors (Lipinski definition) is 0. The summed E-state index contributed by atoms with van der Waals surface area (Å²) in [5, 5.41) is 12.0. The van der Waals surface area contributed by atoms with Crippen LogP contribution in [0.15, 0.2) is 60.7 Å². The van der Waals surface area contributed by atoms with Crippen molar-refractivity contribution in [2.24, 2.45) is 5.41 Å². The van der Waals surface area contributed by atoms with Crippen LogP contribution in [0, 0.1) is 16.7 Å². The summed E-state index contributed by atoms with van der Waals surface area (Å²) in [5.74, 6) is 0. The number of hydrogen-bond acceptors (Lipinski definition) is 2. The molecule has 0 aromatic heterocycles. The number of nitriles is 1. The highest BCUT2D eigenvalue weighted by molar-refractivity contribution is 6.99. The van der Waals surface area contributed by atoms with Crippen LogP contribution in [0.3, 0.4) is 0 Å². The second-order valence-corrected chi connectivity index (χ2v) is 12.1. The van der Waals surface area contributed by atoms with Crippen LogP contribution in [0.2, 0.25) is 5.04 Å². The minimum atomic E-state index is -2.49. The summed E-state index contributed by atoms with van der Waals surface area (Å²) >= 11 is 0. The van der Waals surface area contributed by atoms with E-state index in [1.54, 1.807) is 0 Å². The maximum atomic E-state index is 9.48. The van der Waals surface area contributed by atoms with Crippen LogP contribution in [0.4, 0.5) is 0 Å². The average molecular weight is 336 g/mol. The smallest absolute Gasteiger partial charge is 0.261 e. The molecule has 0 aliphatic heterocycles. The highest BCUT2D eigenvalue weighted by Crippen LogP contribution is 2.47. The van der Waals surface area contributed by atoms with E-state index in [9.17, 15) is 5.26 Å². The van der Waals surface area contributed by atoms with E-state index in [4.69, 9.17) is 4.43 Å². The molecular weight excluding hydrogens is 310 g/mol. The van der Waals surface area contributed by atoms with Crippen LogP contribution in [0.25, 0.3) is 0 Å². The van der Waals surface area contributed by atoms with Gasteiger partial charge in [0.05, 0.1) is 18.1 Å². The standard InChI is InChI=1S/C21H25NOSi/c1-20(2,3)24(18-10-6-4-7-11-18,19-12-8-5-9-13-19)23-17-21(16-22)14-15-21/h4-13H,14-15,17H2,1-3H3. The van der Waals surface area contributed by atoms with Crippen LogP contribution in [0.1, 0.15) is 33.6 Å². The van der Waals surface area contributed by atoms with Crippen LogP contribution < -0.4 is 10.4 Å². The molecule has 24 heavy (non-hydrogen) atoms. The van der Waals surface area contributed by atoms with Crippen molar-refractivity contribution < 1.29 is 4.43 Å². The van der Waals surface area contributed by atoms with Gasteiger partial charge in [-0.1, -0.05) is 81.4 Å². The van der Waals surface area contributed by atoms with Crippen molar-refractivity contribution in [2.75, 3.05) is 6.61 Å². The molecule has 0 amide bonds. The molecule has 0 heterocycles. The van der Waals surface area contributed by atoms with Crippen LogP contribution in [0.5, 0.6) is 0 Å². The zero-order chi connectivity index (χ0) is 17.3. The van der Waals surface area contributed by atoms with Gasteiger partial charge < -0.3 is 4.43 Å². The molecule has 0 bridgehead atoms.